The predicted octanol–water partition coefficient (Wildman–Crippen LogP) is 10.8. The number of fused-ring (bicyclic) bond motifs is 8. The first-order chi connectivity index (χ1) is 66.5. The second kappa shape index (κ2) is 39.5. The van der Waals surface area contributed by atoms with Crippen LogP contribution in [0.4, 0.5) is 23.3 Å². The van der Waals surface area contributed by atoms with E-state index < -0.39 is 0 Å². The molecule has 40 nitrogen and oxygen atoms in total. The Morgan fingerprint density at radius 2 is 0.603 bits per heavy atom. The van der Waals surface area contributed by atoms with E-state index in [0.29, 0.717) is 83.2 Å². The molecule has 40 heteroatoms. The number of pyridine rings is 4. The number of anilines is 4. The maximum Gasteiger partial charge on any atom is 0.257 e. The average Bonchev–Trinajstić information content (AvgIpc) is 1.58. The molecule has 8 N–H and O–H groups in total. The highest BCUT2D eigenvalue weighted by Gasteiger charge is 2.40. The summed E-state index contributed by atoms with van der Waals surface area (Å²) in [5.74, 6) is 2.17. The summed E-state index contributed by atoms with van der Waals surface area (Å²) in [6.07, 6.45) is 33.8. The third-order valence-electron chi connectivity index (χ3n) is 27.4. The molecule has 8 atom stereocenters. The van der Waals surface area contributed by atoms with Crippen molar-refractivity contribution in [1.29, 1.82) is 0 Å². The van der Waals surface area contributed by atoms with Gasteiger partial charge in [-0.05, 0) is 126 Å². The molecule has 16 aromatic rings. The Balaban J connectivity index is 0.000000116. The number of rotatable bonds is 30. The lowest BCUT2D eigenvalue weighted by Crippen LogP contribution is -2.51. The van der Waals surface area contributed by atoms with E-state index in [2.05, 4.69) is 126 Å². The fraction of sp³-hybridized carbons (Fsp3) is 0.417. The topological polar surface area (TPSA) is 430 Å². The van der Waals surface area contributed by atoms with Crippen molar-refractivity contribution in [3.05, 3.63) is 169 Å². The van der Waals surface area contributed by atoms with E-state index in [9.17, 15) is 19.2 Å². The summed E-state index contributed by atoms with van der Waals surface area (Å²) in [5.41, 5.74) is 14.1. The first-order valence-corrected chi connectivity index (χ1v) is 45.9. The number of carbonyl (C=O) groups is 4. The van der Waals surface area contributed by atoms with Gasteiger partial charge in [0.25, 0.3) is 23.6 Å². The second-order valence-electron chi connectivity index (χ2n) is 34.8. The van der Waals surface area contributed by atoms with E-state index in [1.54, 1.807) is 112 Å². The van der Waals surface area contributed by atoms with E-state index in [4.69, 9.17) is 57.8 Å². The van der Waals surface area contributed by atoms with Gasteiger partial charge in [0.15, 0.2) is 22.6 Å². The van der Waals surface area contributed by atoms with E-state index in [-0.39, 0.29) is 84.4 Å². The smallest absolute Gasteiger partial charge is 0.257 e. The molecule has 6 fully saturated rings. The molecule has 708 valence electrons. The molecule has 6 saturated carbocycles. The van der Waals surface area contributed by atoms with Gasteiger partial charge >= 0.3 is 0 Å². The number of hydrogen-bond donors (Lipinski definition) is 8. The fourth-order valence-corrected chi connectivity index (χ4v) is 18.8. The van der Waals surface area contributed by atoms with Crippen LogP contribution in [0.5, 0.6) is 0 Å². The van der Waals surface area contributed by atoms with Crippen molar-refractivity contribution in [3.8, 4) is 45.0 Å². The maximum absolute atomic E-state index is 13.1. The van der Waals surface area contributed by atoms with Gasteiger partial charge in [0.05, 0.1) is 122 Å². The van der Waals surface area contributed by atoms with Crippen LogP contribution in [0.25, 0.3) is 112 Å². The van der Waals surface area contributed by atoms with Crippen molar-refractivity contribution in [2.75, 3.05) is 120 Å². The largest absolute Gasteiger partial charge is 0.383 e. The van der Waals surface area contributed by atoms with Crippen molar-refractivity contribution in [2.24, 2.45) is 0 Å². The van der Waals surface area contributed by atoms with Crippen molar-refractivity contribution >= 4 is 114 Å². The molecule has 4 amide bonds. The highest BCUT2D eigenvalue weighted by molar-refractivity contribution is 6.05. The van der Waals surface area contributed by atoms with Gasteiger partial charge in [0.2, 0.25) is 0 Å². The predicted molar refractivity (Wildman–Crippen MR) is 512 cm³/mol. The lowest BCUT2D eigenvalue weighted by Gasteiger charge is -2.35. The zero-order chi connectivity index (χ0) is 94.1. The molecule has 0 saturated heterocycles. The quantitative estimate of drug-likeness (QED) is 0.0207. The number of nitrogens with one attached hydrogen (secondary N) is 8. The molecule has 16 aromatic heterocycles. The summed E-state index contributed by atoms with van der Waals surface area (Å²) in [6.45, 7) is 2.50. The molecule has 6 aliphatic carbocycles. The molecular formula is C96H112N28O12. The fourth-order valence-electron chi connectivity index (χ4n) is 18.8. The van der Waals surface area contributed by atoms with Gasteiger partial charge in [0, 0.05) is 228 Å². The minimum absolute atomic E-state index is 0.00855. The van der Waals surface area contributed by atoms with E-state index >= 15 is 0 Å². The molecule has 0 spiro atoms. The monoisotopic (exact) mass is 1850 g/mol. The van der Waals surface area contributed by atoms with Gasteiger partial charge < -0.3 is 98.7 Å². The molecule has 1 unspecified atom stereocenters. The summed E-state index contributed by atoms with van der Waals surface area (Å²) >= 11 is 0. The minimum Gasteiger partial charge on any atom is -0.383 e. The third-order valence-corrected chi connectivity index (χ3v) is 27.4. The Morgan fingerprint density at radius 3 is 0.846 bits per heavy atom. The highest BCUT2D eigenvalue weighted by atomic mass is 16.5. The molecule has 22 rings (SSSR count). The number of amides is 4. The summed E-state index contributed by atoms with van der Waals surface area (Å²) in [5, 5.41) is 46.7. The number of ether oxygens (including phenoxy) is 8. The standard InChI is InChI=1S/2C25H29N7O3.2C23H27N7O3/c2*1-26-22-11-20(18-13-31(14-9-15(10-14)34-2)23-16(18)5-4-8-27-23)29-24-17(12-28-32(22)24)25(33)30-19-6-7-21(19)35-3;2*1-24-20-11-18(16-13-29(9-10-32-2)21-14(16)5-4-8-25-21)27-22-15(12-26-30(20)22)23(31)28-17-6-7-19(17)33-3/h2*4-5,8,11-15,19,21,26H,6-7,9-10H2,1-3H3,(H,30,33);2*4-5,8,11-13,17,19,24H,6-7,9-10H2,1-3H3,(H,28,31)/t14?,15?,19?,21-;14?,15?,19-,21-;2*17-,19-/m0010/s1. The molecule has 0 radical (unpaired) electrons. The highest BCUT2D eigenvalue weighted by Crippen LogP contribution is 2.44. The van der Waals surface area contributed by atoms with Crippen molar-refractivity contribution < 1.29 is 57.1 Å². The number of carbonyl (C=O) groups excluding carboxylic acids is 4. The second-order valence-corrected chi connectivity index (χ2v) is 34.8. The Bertz CT molecular complexity index is 6670. The van der Waals surface area contributed by atoms with Crippen LogP contribution in [-0.4, -0.2) is 279 Å². The molecule has 16 heterocycles. The molecule has 0 bridgehead atoms. The summed E-state index contributed by atoms with van der Waals surface area (Å²) in [7, 11) is 20.9. The molecular weight excluding hydrogens is 1740 g/mol. The zero-order valence-corrected chi connectivity index (χ0v) is 77.9. The number of nitrogens with zero attached hydrogens (tertiary/aromatic N) is 20. The normalized spacial score (nSPS) is 20.9. The van der Waals surface area contributed by atoms with Gasteiger partial charge in [-0.1, -0.05) is 0 Å². The summed E-state index contributed by atoms with van der Waals surface area (Å²) in [4.78, 5) is 90.4. The Morgan fingerprint density at radius 1 is 0.338 bits per heavy atom. The first kappa shape index (κ1) is 91.1. The SMILES string of the molecule is CNc1cc(-c2cn(C3CC(OC)C3)c3ncccc23)nc2c(C(=O)NC3CC[C@@H]3OC)cnn12.CNc1cc(-c2cn(C3CC(OC)C3)c3ncccc23)nc2c(C(=O)N[C@H]3CC[C@@H]3OC)cnn12.CNc1cc(-c2cn(CCOC)c3ncccc23)nc2c(C(=O)N[C@@H]3CC[C@H]3OC)cnn12.CNc1cc(-c2cn(CCOC)c3ncccc23)nc2c(C(=O)N[C@H]3CC[C@@H]3OC)cnn12. The van der Waals surface area contributed by atoms with Crippen molar-refractivity contribution in [3.63, 3.8) is 0 Å². The molecule has 6 aliphatic rings. The third kappa shape index (κ3) is 17.2. The molecule has 136 heavy (non-hydrogen) atoms. The van der Waals surface area contributed by atoms with Crippen LogP contribution in [0.2, 0.25) is 0 Å². The van der Waals surface area contributed by atoms with Gasteiger partial charge in [-0.2, -0.15) is 38.5 Å². The lowest BCUT2D eigenvalue weighted by molar-refractivity contribution is 0.00723. The number of aromatic nitrogens is 20. The lowest BCUT2D eigenvalue weighted by atomic mass is 9.89. The van der Waals surface area contributed by atoms with Crippen LogP contribution in [0.3, 0.4) is 0 Å². The summed E-state index contributed by atoms with van der Waals surface area (Å²) in [6, 6.07) is 24.4. The first-order valence-electron chi connectivity index (χ1n) is 45.9. The van der Waals surface area contributed by atoms with E-state index in [0.717, 1.165) is 189 Å². The van der Waals surface area contributed by atoms with Gasteiger partial charge in [-0.15, -0.1) is 0 Å². The van der Waals surface area contributed by atoms with Crippen LogP contribution >= 0.6 is 0 Å². The van der Waals surface area contributed by atoms with Crippen LogP contribution < -0.4 is 42.5 Å². The average molecular weight is 1850 g/mol. The number of methoxy groups -OCH3 is 8. The van der Waals surface area contributed by atoms with Gasteiger partial charge in [-0.3, -0.25) is 19.2 Å². The van der Waals surface area contributed by atoms with Gasteiger partial charge in [-0.25, -0.2) is 39.9 Å². The van der Waals surface area contributed by atoms with Gasteiger partial charge in [0.1, 0.15) is 68.1 Å². The van der Waals surface area contributed by atoms with Crippen LogP contribution in [-0.2, 0) is 51.0 Å². The van der Waals surface area contributed by atoms with Crippen LogP contribution in [0.15, 0.2) is 147 Å². The zero-order valence-electron chi connectivity index (χ0n) is 77.9. The Hall–Kier alpha value is -14.0. The molecule has 0 aliphatic heterocycles. The van der Waals surface area contributed by atoms with Crippen molar-refractivity contribution in [1.82, 2.24) is 118 Å². The van der Waals surface area contributed by atoms with Crippen LogP contribution in [0, 0.1) is 0 Å². The number of hydrogen-bond acceptors (Lipinski definition) is 28. The maximum atomic E-state index is 13.1. The minimum atomic E-state index is -0.201. The van der Waals surface area contributed by atoms with Crippen molar-refractivity contribution in [2.45, 2.75) is 163 Å². The molecule has 0 aromatic carbocycles. The summed E-state index contributed by atoms with van der Waals surface area (Å²) < 4.78 is 58.4. The Labute approximate surface area is 781 Å². The Kier molecular flexibility index (Phi) is 26.5. The van der Waals surface area contributed by atoms with Crippen LogP contribution in [0.1, 0.15) is 131 Å². The van der Waals surface area contributed by atoms with E-state index in [1.807, 2.05) is 114 Å². The van der Waals surface area contributed by atoms with E-state index in [1.165, 1.54) is 0 Å².